The molecule has 4 aromatic heterocycles. The van der Waals surface area contributed by atoms with Crippen molar-refractivity contribution in [3.63, 3.8) is 0 Å². The van der Waals surface area contributed by atoms with Crippen LogP contribution in [0.4, 0.5) is 34.1 Å². The van der Waals surface area contributed by atoms with Crippen molar-refractivity contribution in [1.29, 1.82) is 0 Å². The van der Waals surface area contributed by atoms with Gasteiger partial charge in [-0.2, -0.15) is 0 Å². The molecule has 0 fully saturated rings. The molecule has 6 nitrogen and oxygen atoms in total. The number of rotatable bonds is 13. The minimum Gasteiger partial charge on any atom is -0.456 e. The molecule has 0 saturated heterocycles. The average Bonchev–Trinajstić information content (AvgIpc) is 1.64. The summed E-state index contributed by atoms with van der Waals surface area (Å²) in [5, 5.41) is 9.27. The highest BCUT2D eigenvalue weighted by atomic mass is 16.3. The van der Waals surface area contributed by atoms with Crippen LogP contribution in [0.15, 0.2) is 385 Å². The zero-order valence-electron chi connectivity index (χ0n) is 55.4. The van der Waals surface area contributed by atoms with Crippen molar-refractivity contribution in [3.05, 3.63) is 376 Å². The van der Waals surface area contributed by atoms with E-state index in [2.05, 4.69) is 371 Å². The summed E-state index contributed by atoms with van der Waals surface area (Å²) in [4.78, 5) is 4.82. The van der Waals surface area contributed by atoms with E-state index in [0.717, 1.165) is 167 Å². The van der Waals surface area contributed by atoms with E-state index in [1.165, 1.54) is 21.5 Å². The van der Waals surface area contributed by atoms with Crippen molar-refractivity contribution >= 4 is 122 Å². The van der Waals surface area contributed by atoms with Gasteiger partial charge in [0.05, 0.1) is 27.8 Å². The normalized spacial score (nSPS) is 11.7. The van der Waals surface area contributed by atoms with E-state index < -0.39 is 0 Å². The third-order valence-corrected chi connectivity index (χ3v) is 20.4. The topological polar surface area (TPSA) is 42.6 Å². The van der Waals surface area contributed by atoms with E-state index in [9.17, 15) is 0 Å². The van der Waals surface area contributed by atoms with Gasteiger partial charge in [-0.25, -0.2) is 0 Å². The summed E-state index contributed by atoms with van der Waals surface area (Å²) in [6.45, 7) is 0. The lowest BCUT2D eigenvalue weighted by atomic mass is 9.96. The van der Waals surface area contributed by atoms with Crippen LogP contribution >= 0.6 is 0 Å². The van der Waals surface area contributed by atoms with Crippen LogP contribution in [-0.2, 0) is 0 Å². The molecule has 0 saturated carbocycles. The molecular formula is C96H62N4O2. The van der Waals surface area contributed by atoms with Gasteiger partial charge in [0.15, 0.2) is 0 Å². The Morgan fingerprint density at radius 3 is 1.10 bits per heavy atom. The van der Waals surface area contributed by atoms with Gasteiger partial charge in [0.2, 0.25) is 0 Å². The van der Waals surface area contributed by atoms with Gasteiger partial charge in [-0.15, -0.1) is 0 Å². The fourth-order valence-electron chi connectivity index (χ4n) is 15.7. The number of hydrogen-bond donors (Lipinski definition) is 0. The molecule has 0 N–H and O–H groups in total. The summed E-state index contributed by atoms with van der Waals surface area (Å²) in [5.41, 5.74) is 27.6. The number of benzene rings is 16. The zero-order chi connectivity index (χ0) is 67.2. The van der Waals surface area contributed by atoms with Crippen LogP contribution in [0.1, 0.15) is 0 Å². The first kappa shape index (κ1) is 58.5. The number of nitrogens with zero attached hydrogens (tertiary/aromatic N) is 4. The lowest BCUT2D eigenvalue weighted by Gasteiger charge is -2.29. The molecule has 0 unspecified atom stereocenters. The third kappa shape index (κ3) is 9.95. The summed E-state index contributed by atoms with van der Waals surface area (Å²) in [7, 11) is 0. The highest BCUT2D eigenvalue weighted by Crippen LogP contribution is 2.47. The maximum absolute atomic E-state index is 6.46. The van der Waals surface area contributed by atoms with Gasteiger partial charge in [0, 0.05) is 88.5 Å². The molecule has 0 aliphatic rings. The smallest absolute Gasteiger partial charge is 0.136 e. The van der Waals surface area contributed by atoms with Crippen molar-refractivity contribution < 1.29 is 8.83 Å². The van der Waals surface area contributed by atoms with Gasteiger partial charge in [-0.3, -0.25) is 0 Å². The van der Waals surface area contributed by atoms with Crippen molar-refractivity contribution in [2.75, 3.05) is 9.80 Å². The van der Waals surface area contributed by atoms with Gasteiger partial charge in [-0.05, 0) is 202 Å². The largest absolute Gasteiger partial charge is 0.456 e. The highest BCUT2D eigenvalue weighted by Gasteiger charge is 2.23. The van der Waals surface area contributed by atoms with Gasteiger partial charge < -0.3 is 27.8 Å². The molecule has 0 aliphatic heterocycles. The van der Waals surface area contributed by atoms with E-state index in [-0.39, 0.29) is 0 Å². The molecule has 0 bridgehead atoms. The zero-order valence-corrected chi connectivity index (χ0v) is 55.4. The van der Waals surface area contributed by atoms with Gasteiger partial charge in [0.25, 0.3) is 0 Å². The molecule has 0 aliphatic carbocycles. The Morgan fingerprint density at radius 2 is 0.539 bits per heavy atom. The SMILES string of the molecule is c1ccc(-c2cccc(N(c3cccc(-c4ccc5c(c4)oc4ccccc45)c3)c3cccc(-n4c5ccccc5c5cc(-c6cccc(-c7ccccc7N(c7cccc(-c8ccc9c(c8)oc8ccccc89)c7)c7cccc(-n8c9ccccc9c9ccccc98)c7)c6)ccc54)c3)c2)cc1. The van der Waals surface area contributed by atoms with Crippen LogP contribution in [0.2, 0.25) is 0 Å². The summed E-state index contributed by atoms with van der Waals surface area (Å²) >= 11 is 0. The number of furan rings is 2. The highest BCUT2D eigenvalue weighted by molar-refractivity contribution is 6.12. The molecule has 20 rings (SSSR count). The van der Waals surface area contributed by atoms with E-state index in [1.54, 1.807) is 0 Å². The second-order valence-electron chi connectivity index (χ2n) is 26.4. The first-order chi connectivity index (χ1) is 50.5. The van der Waals surface area contributed by atoms with Crippen molar-refractivity contribution in [2.45, 2.75) is 0 Å². The minimum absolute atomic E-state index is 0.868. The van der Waals surface area contributed by atoms with Gasteiger partial charge in [-0.1, -0.05) is 224 Å². The van der Waals surface area contributed by atoms with E-state index in [4.69, 9.17) is 8.83 Å². The Morgan fingerprint density at radius 1 is 0.186 bits per heavy atom. The summed E-state index contributed by atoms with van der Waals surface area (Å²) in [6.07, 6.45) is 0. The van der Waals surface area contributed by atoms with Crippen LogP contribution in [0, 0.1) is 0 Å². The number of para-hydroxylation sites is 6. The van der Waals surface area contributed by atoms with Crippen LogP contribution in [0.3, 0.4) is 0 Å². The lowest BCUT2D eigenvalue weighted by molar-refractivity contribution is 0.668. The number of fused-ring (bicyclic) bond motifs is 12. The fourth-order valence-corrected chi connectivity index (χ4v) is 15.7. The summed E-state index contributed by atoms with van der Waals surface area (Å²) in [6, 6.07) is 136. The molecule has 4 heterocycles. The second kappa shape index (κ2) is 24.1. The maximum Gasteiger partial charge on any atom is 0.136 e. The van der Waals surface area contributed by atoms with E-state index in [0.29, 0.717) is 0 Å². The number of hydrogen-bond acceptors (Lipinski definition) is 4. The average molecular weight is 1300 g/mol. The summed E-state index contributed by atoms with van der Waals surface area (Å²) < 4.78 is 17.7. The standard InChI is InChI=1S/C96H62N4O2/c1-2-22-63(23-3-1)65-25-17-29-72(55-65)97(73-30-18-26-66(56-73)69-48-51-85-83-40-8-14-46-93(83)101-95(85)59-69)75-32-20-34-77(61-75)100-91-45-13-7-39-82(91)87-58-68(50-53-92(87)100)64-24-16-28-71(54-64)79-36-4-10-42-88(79)98(74-31-19-27-67(57-74)70-49-52-86-84-41-9-15-47-94(84)102-96(86)60-70)76-33-21-35-78(62-76)99-89-43-11-5-37-80(89)81-38-6-12-44-90(81)99/h1-62H. The van der Waals surface area contributed by atoms with Crippen molar-refractivity contribution in [1.82, 2.24) is 9.13 Å². The molecule has 0 atom stereocenters. The van der Waals surface area contributed by atoms with Crippen molar-refractivity contribution in [2.24, 2.45) is 0 Å². The van der Waals surface area contributed by atoms with E-state index in [1.807, 2.05) is 24.3 Å². The molecule has 6 heteroatoms. The first-order valence-electron chi connectivity index (χ1n) is 34.8. The number of anilines is 6. The predicted molar refractivity (Wildman–Crippen MR) is 426 cm³/mol. The maximum atomic E-state index is 6.46. The Hall–Kier alpha value is -13.7. The molecular weight excluding hydrogens is 1240 g/mol. The number of aromatic nitrogens is 2. The van der Waals surface area contributed by atoms with Crippen LogP contribution in [0.5, 0.6) is 0 Å². The van der Waals surface area contributed by atoms with Crippen LogP contribution in [-0.4, -0.2) is 9.13 Å². The molecule has 102 heavy (non-hydrogen) atoms. The molecule has 478 valence electrons. The Bertz CT molecular complexity index is 6630. The fraction of sp³-hybridized carbons (Fsp3) is 0. The van der Waals surface area contributed by atoms with Crippen LogP contribution in [0.25, 0.3) is 154 Å². The molecule has 20 aromatic rings. The monoisotopic (exact) mass is 1300 g/mol. The minimum atomic E-state index is 0.868. The Kier molecular flexibility index (Phi) is 13.8. The molecule has 16 aromatic carbocycles. The Balaban J connectivity index is 0.691. The van der Waals surface area contributed by atoms with E-state index >= 15 is 0 Å². The molecule has 0 spiro atoms. The quantitative estimate of drug-likeness (QED) is 0.115. The third-order valence-electron chi connectivity index (χ3n) is 20.4. The van der Waals surface area contributed by atoms with Gasteiger partial charge >= 0.3 is 0 Å². The van der Waals surface area contributed by atoms with Gasteiger partial charge in [0.1, 0.15) is 22.3 Å². The van der Waals surface area contributed by atoms with Crippen LogP contribution < -0.4 is 9.80 Å². The molecule has 0 amide bonds. The molecule has 0 radical (unpaired) electrons. The summed E-state index contributed by atoms with van der Waals surface area (Å²) in [5.74, 6) is 0. The second-order valence-corrected chi connectivity index (χ2v) is 26.4. The predicted octanol–water partition coefficient (Wildman–Crippen LogP) is 27.0. The first-order valence-corrected chi connectivity index (χ1v) is 34.8. The Labute approximate surface area is 588 Å². The lowest BCUT2D eigenvalue weighted by Crippen LogP contribution is -2.12. The van der Waals surface area contributed by atoms with Crippen molar-refractivity contribution in [3.8, 4) is 67.0 Å².